The normalized spacial score (nSPS) is 24.3. The highest BCUT2D eigenvalue weighted by Gasteiger charge is 2.37. The van der Waals surface area contributed by atoms with Crippen molar-refractivity contribution in [1.29, 1.82) is 0 Å². The smallest absolute Gasteiger partial charge is 0.257 e. The van der Waals surface area contributed by atoms with E-state index in [0.717, 1.165) is 47.8 Å². The topological polar surface area (TPSA) is 68.2 Å². The Hall–Kier alpha value is -2.06. The van der Waals surface area contributed by atoms with E-state index in [4.69, 9.17) is 14.2 Å². The van der Waals surface area contributed by atoms with E-state index in [-0.39, 0.29) is 12.2 Å². The number of nitrogens with zero attached hydrogens (tertiary/aromatic N) is 1. The number of thioether (sulfide) groups is 1. The van der Waals surface area contributed by atoms with Gasteiger partial charge in [0, 0.05) is 18.0 Å². The lowest BCUT2D eigenvalue weighted by atomic mass is 10.1. The van der Waals surface area contributed by atoms with Crippen LogP contribution in [-0.4, -0.2) is 50.3 Å². The van der Waals surface area contributed by atoms with Gasteiger partial charge in [-0.1, -0.05) is 24.3 Å². The number of methoxy groups -OCH3 is 1. The number of anilines is 1. The molecule has 1 N–H and O–H groups in total. The second-order valence-corrected chi connectivity index (χ2v) is 8.56. The van der Waals surface area contributed by atoms with Gasteiger partial charge in [0.1, 0.15) is 11.9 Å². The Morgan fingerprint density at radius 2 is 1.97 bits per heavy atom. The predicted octanol–water partition coefficient (Wildman–Crippen LogP) is 3.78. The molecule has 0 radical (unpaired) electrons. The summed E-state index contributed by atoms with van der Waals surface area (Å²) in [5, 5.41) is 10.6. The van der Waals surface area contributed by atoms with Gasteiger partial charge in [0.25, 0.3) is 5.91 Å². The van der Waals surface area contributed by atoms with Crippen molar-refractivity contribution in [3.8, 4) is 5.75 Å². The number of benzene rings is 2. The van der Waals surface area contributed by atoms with Crippen LogP contribution in [0.2, 0.25) is 0 Å². The molecular weight excluding hydrogens is 402 g/mol. The SMILES string of the molecule is COc1ccc([C@@H]2Sc3ccccc3N(CCOC3CCCCO3)C(=O)[C@@H]2O)cc1. The molecule has 2 heterocycles. The van der Waals surface area contributed by atoms with Crippen molar-refractivity contribution in [2.24, 2.45) is 0 Å². The van der Waals surface area contributed by atoms with Gasteiger partial charge in [-0.2, -0.15) is 0 Å². The molecule has 6 nitrogen and oxygen atoms in total. The predicted molar refractivity (Wildman–Crippen MR) is 116 cm³/mol. The van der Waals surface area contributed by atoms with Crippen LogP contribution >= 0.6 is 11.8 Å². The van der Waals surface area contributed by atoms with E-state index in [2.05, 4.69) is 0 Å². The number of hydrogen-bond donors (Lipinski definition) is 1. The van der Waals surface area contributed by atoms with Crippen LogP contribution in [0.5, 0.6) is 5.75 Å². The highest BCUT2D eigenvalue weighted by Crippen LogP contribution is 2.45. The summed E-state index contributed by atoms with van der Waals surface area (Å²) in [7, 11) is 1.61. The van der Waals surface area contributed by atoms with Gasteiger partial charge >= 0.3 is 0 Å². The number of hydrogen-bond acceptors (Lipinski definition) is 6. The van der Waals surface area contributed by atoms with Gasteiger partial charge in [0.2, 0.25) is 0 Å². The van der Waals surface area contributed by atoms with Crippen LogP contribution in [-0.2, 0) is 14.3 Å². The quantitative estimate of drug-likeness (QED) is 0.754. The zero-order valence-corrected chi connectivity index (χ0v) is 17.8. The fraction of sp³-hybridized carbons (Fsp3) is 0.435. The van der Waals surface area contributed by atoms with E-state index in [1.165, 1.54) is 11.8 Å². The van der Waals surface area contributed by atoms with E-state index in [9.17, 15) is 9.90 Å². The van der Waals surface area contributed by atoms with Crippen molar-refractivity contribution < 1.29 is 24.1 Å². The van der Waals surface area contributed by atoms with E-state index in [0.29, 0.717) is 13.2 Å². The second-order valence-electron chi connectivity index (χ2n) is 7.38. The summed E-state index contributed by atoms with van der Waals surface area (Å²) in [5.74, 6) is 0.420. The highest BCUT2D eigenvalue weighted by molar-refractivity contribution is 7.99. The number of carbonyl (C=O) groups is 1. The van der Waals surface area contributed by atoms with Crippen LogP contribution in [0, 0.1) is 0 Å². The van der Waals surface area contributed by atoms with E-state index >= 15 is 0 Å². The molecule has 2 aromatic rings. The van der Waals surface area contributed by atoms with Gasteiger partial charge < -0.3 is 24.2 Å². The largest absolute Gasteiger partial charge is 0.497 e. The van der Waals surface area contributed by atoms with Crippen molar-refractivity contribution in [3.63, 3.8) is 0 Å². The number of amides is 1. The van der Waals surface area contributed by atoms with Gasteiger partial charge in [-0.3, -0.25) is 4.79 Å². The summed E-state index contributed by atoms with van der Waals surface area (Å²) < 4.78 is 16.7. The first kappa shape index (κ1) is 21.2. The lowest BCUT2D eigenvalue weighted by molar-refractivity contribution is -0.161. The Morgan fingerprint density at radius 1 is 1.17 bits per heavy atom. The number of ether oxygens (including phenoxy) is 3. The molecule has 160 valence electrons. The van der Waals surface area contributed by atoms with Crippen LogP contribution in [0.1, 0.15) is 30.1 Å². The molecule has 1 unspecified atom stereocenters. The van der Waals surface area contributed by atoms with Crippen LogP contribution in [0.15, 0.2) is 53.4 Å². The van der Waals surface area contributed by atoms with Gasteiger partial charge in [-0.15, -0.1) is 11.8 Å². The molecule has 7 heteroatoms. The van der Waals surface area contributed by atoms with E-state index in [1.54, 1.807) is 12.0 Å². The molecule has 3 atom stereocenters. The van der Waals surface area contributed by atoms with Crippen molar-refractivity contribution in [3.05, 3.63) is 54.1 Å². The molecule has 30 heavy (non-hydrogen) atoms. The maximum Gasteiger partial charge on any atom is 0.257 e. The molecule has 0 bridgehead atoms. The number of carbonyl (C=O) groups excluding carboxylic acids is 1. The van der Waals surface area contributed by atoms with Gasteiger partial charge in [-0.05, 0) is 49.1 Å². The maximum atomic E-state index is 13.2. The van der Waals surface area contributed by atoms with Gasteiger partial charge in [-0.25, -0.2) is 0 Å². The number of rotatable bonds is 6. The van der Waals surface area contributed by atoms with Crippen LogP contribution in [0.3, 0.4) is 0 Å². The molecule has 0 spiro atoms. The third-order valence-electron chi connectivity index (χ3n) is 5.42. The second kappa shape index (κ2) is 9.83. The highest BCUT2D eigenvalue weighted by atomic mass is 32.2. The monoisotopic (exact) mass is 429 g/mol. The number of fused-ring (bicyclic) bond motifs is 1. The lowest BCUT2D eigenvalue weighted by Gasteiger charge is -2.27. The third-order valence-corrected chi connectivity index (χ3v) is 6.80. The van der Waals surface area contributed by atoms with Crippen molar-refractivity contribution in [2.45, 2.75) is 41.8 Å². The molecule has 0 aromatic heterocycles. The summed E-state index contributed by atoms with van der Waals surface area (Å²) >= 11 is 1.50. The number of para-hydroxylation sites is 1. The molecule has 4 rings (SSSR count). The third kappa shape index (κ3) is 4.64. The fourth-order valence-corrected chi connectivity index (χ4v) is 5.05. The zero-order valence-electron chi connectivity index (χ0n) is 17.0. The summed E-state index contributed by atoms with van der Waals surface area (Å²) in [6, 6.07) is 15.2. The van der Waals surface area contributed by atoms with Crippen molar-refractivity contribution >= 4 is 23.4 Å². The number of aliphatic hydroxyl groups excluding tert-OH is 1. The zero-order chi connectivity index (χ0) is 20.9. The molecule has 1 amide bonds. The molecule has 1 fully saturated rings. The minimum absolute atomic E-state index is 0.206. The average molecular weight is 430 g/mol. The Bertz CT molecular complexity index is 853. The van der Waals surface area contributed by atoms with Crippen molar-refractivity contribution in [2.75, 3.05) is 31.8 Å². The lowest BCUT2D eigenvalue weighted by Crippen LogP contribution is -2.42. The minimum atomic E-state index is -1.17. The Balaban J connectivity index is 1.54. The first-order valence-corrected chi connectivity index (χ1v) is 11.2. The Labute approximate surface area is 181 Å². The molecule has 1 saturated heterocycles. The molecule has 2 aliphatic heterocycles. The van der Waals surface area contributed by atoms with E-state index < -0.39 is 11.4 Å². The summed E-state index contributed by atoms with van der Waals surface area (Å²) in [6.07, 6.45) is 1.66. The Kier molecular flexibility index (Phi) is 6.94. The Morgan fingerprint density at radius 3 is 2.70 bits per heavy atom. The molecule has 2 aromatic carbocycles. The van der Waals surface area contributed by atoms with Gasteiger partial charge in [0.15, 0.2) is 6.29 Å². The van der Waals surface area contributed by atoms with E-state index in [1.807, 2.05) is 48.5 Å². The van der Waals surface area contributed by atoms with Crippen molar-refractivity contribution in [1.82, 2.24) is 0 Å². The van der Waals surface area contributed by atoms with Crippen LogP contribution in [0.25, 0.3) is 0 Å². The van der Waals surface area contributed by atoms with Gasteiger partial charge in [0.05, 0.1) is 24.7 Å². The fourth-order valence-electron chi connectivity index (χ4n) is 3.78. The van der Waals surface area contributed by atoms with Crippen LogP contribution < -0.4 is 9.64 Å². The summed E-state index contributed by atoms with van der Waals surface area (Å²) in [6.45, 7) is 1.44. The minimum Gasteiger partial charge on any atom is -0.497 e. The average Bonchev–Trinajstić information content (AvgIpc) is 2.90. The first-order chi connectivity index (χ1) is 14.7. The molecular formula is C23H27NO5S. The summed E-state index contributed by atoms with van der Waals surface area (Å²) in [5.41, 5.74) is 1.68. The maximum absolute atomic E-state index is 13.2. The standard InChI is InChI=1S/C23H27NO5S/c1-27-17-11-9-16(10-12-17)22-21(25)23(26)24(18-6-2-3-7-19(18)30-22)13-15-29-20-8-4-5-14-28-20/h2-3,6-7,9-12,20-22,25H,4-5,8,13-15H2,1H3/t20?,21-,22+/m1/s1. The molecule has 2 aliphatic rings. The number of aliphatic hydroxyl groups is 1. The molecule has 0 saturated carbocycles. The summed E-state index contributed by atoms with van der Waals surface area (Å²) in [4.78, 5) is 15.8. The van der Waals surface area contributed by atoms with Crippen LogP contribution in [0.4, 0.5) is 5.69 Å². The first-order valence-electron chi connectivity index (χ1n) is 10.3. The molecule has 0 aliphatic carbocycles.